The molecule has 0 saturated carbocycles. The second kappa shape index (κ2) is 6.34. The maximum Gasteiger partial charge on any atom is 0.148 e. The number of benzene rings is 1. The Morgan fingerprint density at radius 2 is 1.85 bits per heavy atom. The Hall–Kier alpha value is -2.14. The van der Waals surface area contributed by atoms with Crippen molar-refractivity contribution in [3.63, 3.8) is 0 Å². The predicted molar refractivity (Wildman–Crippen MR) is 83.1 cm³/mol. The summed E-state index contributed by atoms with van der Waals surface area (Å²) in [6.07, 6.45) is 1.77. The van der Waals surface area contributed by atoms with Crippen molar-refractivity contribution in [3.05, 3.63) is 41.2 Å². The molecule has 0 bridgehead atoms. The third-order valence-electron chi connectivity index (χ3n) is 3.24. The molecule has 5 heteroatoms. The lowest BCUT2D eigenvalue weighted by Crippen LogP contribution is -2.13. The van der Waals surface area contributed by atoms with Crippen LogP contribution in [-0.2, 0) is 12.8 Å². The van der Waals surface area contributed by atoms with Crippen LogP contribution in [0.4, 0.5) is 17.3 Å². The van der Waals surface area contributed by atoms with Crippen LogP contribution in [0.15, 0.2) is 24.3 Å². The van der Waals surface area contributed by atoms with E-state index in [1.807, 2.05) is 26.0 Å². The fourth-order valence-electron chi connectivity index (χ4n) is 1.99. The Balaban J connectivity index is 2.36. The van der Waals surface area contributed by atoms with Gasteiger partial charge in [-0.1, -0.05) is 26.0 Å². The molecule has 0 aliphatic rings. The van der Waals surface area contributed by atoms with E-state index in [2.05, 4.69) is 39.8 Å². The number of nitrogens with two attached hydrogens (primary N) is 1. The molecule has 4 N–H and O–H groups in total. The molecule has 0 radical (unpaired) electrons. The van der Waals surface area contributed by atoms with Crippen LogP contribution in [0.1, 0.15) is 30.8 Å². The van der Waals surface area contributed by atoms with E-state index in [1.54, 1.807) is 0 Å². The number of nitrogens with one attached hydrogen (secondary N) is 2. The Labute approximate surface area is 119 Å². The van der Waals surface area contributed by atoms with Gasteiger partial charge in [0, 0.05) is 17.7 Å². The molecule has 0 amide bonds. The number of anilines is 3. The van der Waals surface area contributed by atoms with Crippen LogP contribution < -0.4 is 16.6 Å². The van der Waals surface area contributed by atoms with Gasteiger partial charge in [0.25, 0.3) is 0 Å². The molecule has 0 aliphatic carbocycles. The molecular formula is C15H21N5. The summed E-state index contributed by atoms with van der Waals surface area (Å²) >= 11 is 0. The van der Waals surface area contributed by atoms with Gasteiger partial charge in [-0.2, -0.15) is 0 Å². The average Bonchev–Trinajstić information content (AvgIpc) is 2.49. The highest BCUT2D eigenvalue weighted by Crippen LogP contribution is 2.23. The lowest BCUT2D eigenvalue weighted by Gasteiger charge is -2.13. The number of rotatable bonds is 5. The van der Waals surface area contributed by atoms with Gasteiger partial charge >= 0.3 is 0 Å². The number of hydrogen-bond donors (Lipinski definition) is 3. The Morgan fingerprint density at radius 3 is 2.50 bits per heavy atom. The lowest BCUT2D eigenvalue weighted by atomic mass is 10.1. The Bertz CT molecular complexity index is 595. The maximum absolute atomic E-state index is 5.51. The van der Waals surface area contributed by atoms with Gasteiger partial charge in [-0.3, -0.25) is 0 Å². The summed E-state index contributed by atoms with van der Waals surface area (Å²) in [4.78, 5) is 8.89. The third kappa shape index (κ3) is 3.05. The van der Waals surface area contributed by atoms with Crippen molar-refractivity contribution in [1.29, 1.82) is 0 Å². The van der Waals surface area contributed by atoms with Crippen LogP contribution in [0.2, 0.25) is 0 Å². The van der Waals surface area contributed by atoms with Crippen molar-refractivity contribution >= 4 is 17.3 Å². The molecule has 2 rings (SSSR count). The van der Waals surface area contributed by atoms with Gasteiger partial charge in [0.15, 0.2) is 0 Å². The standard InChI is InChI=1S/C15H21N5/c1-4-11-7-6-8-12(9-11)17-14-10(3)15(20-16)19-13(5-2)18-14/h6-9H,4-5,16H2,1-3H3,(H2,17,18,19,20). The average molecular weight is 271 g/mol. The van der Waals surface area contributed by atoms with Gasteiger partial charge in [0.05, 0.1) is 0 Å². The fourth-order valence-corrected chi connectivity index (χ4v) is 1.99. The Kier molecular flexibility index (Phi) is 4.53. The van der Waals surface area contributed by atoms with Gasteiger partial charge < -0.3 is 10.7 Å². The molecule has 0 spiro atoms. The van der Waals surface area contributed by atoms with E-state index in [1.165, 1.54) is 5.56 Å². The SMILES string of the molecule is CCc1cccc(Nc2nc(CC)nc(NN)c2C)c1. The van der Waals surface area contributed by atoms with Crippen molar-refractivity contribution in [2.75, 3.05) is 10.7 Å². The number of aryl methyl sites for hydroxylation is 2. The zero-order valence-electron chi connectivity index (χ0n) is 12.2. The predicted octanol–water partition coefficient (Wildman–Crippen LogP) is 2.94. The Morgan fingerprint density at radius 1 is 1.10 bits per heavy atom. The van der Waals surface area contributed by atoms with E-state index < -0.39 is 0 Å². The van der Waals surface area contributed by atoms with Crippen molar-refractivity contribution in [2.45, 2.75) is 33.6 Å². The zero-order chi connectivity index (χ0) is 14.5. The molecule has 1 heterocycles. The molecular weight excluding hydrogens is 250 g/mol. The summed E-state index contributed by atoms with van der Waals surface area (Å²) in [5.74, 6) is 7.72. The number of hydrogen-bond acceptors (Lipinski definition) is 5. The van der Waals surface area contributed by atoms with Crippen molar-refractivity contribution in [2.24, 2.45) is 5.84 Å². The number of aromatic nitrogens is 2. The summed E-state index contributed by atoms with van der Waals surface area (Å²) in [6.45, 7) is 6.10. The number of hydrazine groups is 1. The highest BCUT2D eigenvalue weighted by atomic mass is 15.3. The van der Waals surface area contributed by atoms with Gasteiger partial charge in [-0.15, -0.1) is 0 Å². The molecule has 20 heavy (non-hydrogen) atoms. The maximum atomic E-state index is 5.51. The normalized spacial score (nSPS) is 10.4. The second-order valence-corrected chi connectivity index (χ2v) is 4.64. The van der Waals surface area contributed by atoms with Crippen LogP contribution in [0.5, 0.6) is 0 Å². The molecule has 0 aliphatic heterocycles. The first-order chi connectivity index (χ1) is 9.67. The number of nitrogen functional groups attached to an aromatic ring is 1. The summed E-state index contributed by atoms with van der Waals surface area (Å²) in [7, 11) is 0. The van der Waals surface area contributed by atoms with E-state index in [4.69, 9.17) is 5.84 Å². The van der Waals surface area contributed by atoms with E-state index in [-0.39, 0.29) is 0 Å². The van der Waals surface area contributed by atoms with Crippen molar-refractivity contribution in [3.8, 4) is 0 Å². The van der Waals surface area contributed by atoms with E-state index in [0.717, 1.165) is 35.7 Å². The summed E-state index contributed by atoms with van der Waals surface area (Å²) in [5, 5.41) is 3.35. The van der Waals surface area contributed by atoms with Crippen LogP contribution >= 0.6 is 0 Å². The minimum Gasteiger partial charge on any atom is -0.340 e. The van der Waals surface area contributed by atoms with Crippen LogP contribution in [0.25, 0.3) is 0 Å². The summed E-state index contributed by atoms with van der Waals surface area (Å²) < 4.78 is 0. The van der Waals surface area contributed by atoms with Crippen LogP contribution in [-0.4, -0.2) is 9.97 Å². The number of nitrogens with zero attached hydrogens (tertiary/aromatic N) is 2. The smallest absolute Gasteiger partial charge is 0.148 e. The molecule has 106 valence electrons. The van der Waals surface area contributed by atoms with E-state index in [9.17, 15) is 0 Å². The highest BCUT2D eigenvalue weighted by molar-refractivity contribution is 5.64. The molecule has 2 aromatic rings. The molecule has 5 nitrogen and oxygen atoms in total. The first kappa shape index (κ1) is 14.3. The van der Waals surface area contributed by atoms with Crippen molar-refractivity contribution in [1.82, 2.24) is 9.97 Å². The van der Waals surface area contributed by atoms with E-state index in [0.29, 0.717) is 5.82 Å². The molecule has 1 aromatic heterocycles. The minimum absolute atomic E-state index is 0.658. The fraction of sp³-hybridized carbons (Fsp3) is 0.333. The monoisotopic (exact) mass is 271 g/mol. The molecule has 1 aromatic carbocycles. The quantitative estimate of drug-likeness (QED) is 0.576. The van der Waals surface area contributed by atoms with E-state index >= 15 is 0 Å². The van der Waals surface area contributed by atoms with Gasteiger partial charge in [-0.05, 0) is 31.0 Å². The van der Waals surface area contributed by atoms with Crippen LogP contribution in [0.3, 0.4) is 0 Å². The third-order valence-corrected chi connectivity index (χ3v) is 3.24. The van der Waals surface area contributed by atoms with Crippen LogP contribution in [0, 0.1) is 6.92 Å². The first-order valence-electron chi connectivity index (χ1n) is 6.88. The molecule has 0 fully saturated rings. The highest BCUT2D eigenvalue weighted by Gasteiger charge is 2.09. The van der Waals surface area contributed by atoms with Crippen molar-refractivity contribution < 1.29 is 0 Å². The van der Waals surface area contributed by atoms with Gasteiger partial charge in [0.1, 0.15) is 17.5 Å². The second-order valence-electron chi connectivity index (χ2n) is 4.64. The molecule has 0 atom stereocenters. The lowest BCUT2D eigenvalue weighted by molar-refractivity contribution is 0.932. The summed E-state index contributed by atoms with van der Waals surface area (Å²) in [5.41, 5.74) is 5.85. The van der Waals surface area contributed by atoms with Gasteiger partial charge in [-0.25, -0.2) is 15.8 Å². The topological polar surface area (TPSA) is 75.9 Å². The van der Waals surface area contributed by atoms with Gasteiger partial charge in [0.2, 0.25) is 0 Å². The first-order valence-corrected chi connectivity index (χ1v) is 6.88. The zero-order valence-corrected chi connectivity index (χ0v) is 12.2. The molecule has 0 saturated heterocycles. The largest absolute Gasteiger partial charge is 0.340 e. The summed E-state index contributed by atoms with van der Waals surface area (Å²) in [6, 6.07) is 8.31. The molecule has 0 unspecified atom stereocenters. The minimum atomic E-state index is 0.658.